The van der Waals surface area contributed by atoms with Crippen LogP contribution in [0.1, 0.15) is 58.4 Å². The SMILES string of the molecule is CC1(O)OCc2cc3cc4cc(cc(c24)COC(C)(O)c2cccc4c(cccc24)CSSC3)CSSCc2cccc3c1cccc23. The van der Waals surface area contributed by atoms with Crippen molar-refractivity contribution in [1.82, 2.24) is 0 Å². The first kappa shape index (κ1) is 32.5. The molecule has 6 aromatic carbocycles. The number of aliphatic hydroxyl groups is 2. The van der Waals surface area contributed by atoms with Crippen molar-refractivity contribution in [1.29, 1.82) is 0 Å². The standard InChI is InChI=1S/C40H36O4S4/c1-39(41)36-13-5-9-32-27(7-3-11-34(32)36)23-47-46-22-26-16-29-15-25-17-30(19-43-39)38(29)31(18-26)20-44-40(2,42)37-14-6-10-33-28(24-48-45-21-25)8-4-12-35(33)37/h3-18,41-42H,19-24H2,1-2H3. The van der Waals surface area contributed by atoms with E-state index in [0.29, 0.717) is 0 Å². The van der Waals surface area contributed by atoms with Crippen molar-refractivity contribution in [2.24, 2.45) is 0 Å². The molecule has 0 aliphatic carbocycles. The monoisotopic (exact) mass is 708 g/mol. The van der Waals surface area contributed by atoms with E-state index in [9.17, 15) is 10.2 Å². The van der Waals surface area contributed by atoms with Gasteiger partial charge in [-0.05, 0) is 79.5 Å². The summed E-state index contributed by atoms with van der Waals surface area (Å²) in [5, 5.41) is 30.3. The molecule has 48 heavy (non-hydrogen) atoms. The molecule has 10 rings (SSSR count). The second-order valence-corrected chi connectivity index (χ2v) is 17.8. The van der Waals surface area contributed by atoms with Crippen LogP contribution in [0.4, 0.5) is 0 Å². The minimum atomic E-state index is -1.52. The van der Waals surface area contributed by atoms with Crippen LogP contribution in [-0.4, -0.2) is 10.2 Å². The van der Waals surface area contributed by atoms with Gasteiger partial charge in [0.25, 0.3) is 0 Å². The van der Waals surface area contributed by atoms with Gasteiger partial charge in [0, 0.05) is 34.1 Å². The zero-order valence-corrected chi connectivity index (χ0v) is 30.1. The molecule has 4 aliphatic rings. The van der Waals surface area contributed by atoms with E-state index in [1.165, 1.54) is 22.3 Å². The number of hydrogen-bond acceptors (Lipinski definition) is 8. The van der Waals surface area contributed by atoms with E-state index >= 15 is 0 Å². The van der Waals surface area contributed by atoms with Crippen LogP contribution in [-0.2, 0) is 57.3 Å². The molecule has 0 fully saturated rings. The topological polar surface area (TPSA) is 58.9 Å². The quantitative estimate of drug-likeness (QED) is 0.151. The minimum Gasteiger partial charge on any atom is -0.362 e. The van der Waals surface area contributed by atoms with Gasteiger partial charge in [-0.1, -0.05) is 140 Å². The summed E-state index contributed by atoms with van der Waals surface area (Å²) in [6, 6.07) is 33.9. The fraction of sp³-hybridized carbons (Fsp3) is 0.250. The molecule has 14 bridgehead atoms. The summed E-state index contributed by atoms with van der Waals surface area (Å²) in [5.74, 6) is 0.316. The first-order valence-electron chi connectivity index (χ1n) is 16.1. The van der Waals surface area contributed by atoms with Gasteiger partial charge in [-0.25, -0.2) is 0 Å². The number of benzene rings is 6. The Balaban J connectivity index is 1.27. The molecular weight excluding hydrogens is 673 g/mol. The Morgan fingerprint density at radius 2 is 0.917 bits per heavy atom. The van der Waals surface area contributed by atoms with E-state index in [4.69, 9.17) is 9.47 Å². The number of ether oxygens (including phenoxy) is 2. The van der Waals surface area contributed by atoms with Gasteiger partial charge in [0.1, 0.15) is 0 Å². The zero-order valence-electron chi connectivity index (χ0n) is 26.8. The normalized spacial score (nSPS) is 22.2. The molecule has 0 amide bonds. The van der Waals surface area contributed by atoms with Gasteiger partial charge in [0.2, 0.25) is 0 Å². The van der Waals surface area contributed by atoms with E-state index in [1.54, 1.807) is 13.8 Å². The third-order valence-electron chi connectivity index (χ3n) is 9.42. The van der Waals surface area contributed by atoms with E-state index in [2.05, 4.69) is 72.8 Å². The van der Waals surface area contributed by atoms with Crippen molar-refractivity contribution < 1.29 is 19.7 Å². The van der Waals surface area contributed by atoms with Crippen LogP contribution >= 0.6 is 43.2 Å². The summed E-state index contributed by atoms with van der Waals surface area (Å²) in [6.07, 6.45) is 0. The fourth-order valence-electron chi connectivity index (χ4n) is 7.06. The minimum absolute atomic E-state index is 0.211. The van der Waals surface area contributed by atoms with Gasteiger partial charge in [0.05, 0.1) is 13.2 Å². The molecular formula is C40H36O4S4. The maximum atomic E-state index is 11.9. The third-order valence-corrected chi connectivity index (χ3v) is 13.9. The summed E-state index contributed by atoms with van der Waals surface area (Å²) >= 11 is 0. The second-order valence-electron chi connectivity index (χ2n) is 12.8. The molecule has 0 spiro atoms. The third kappa shape index (κ3) is 6.27. The van der Waals surface area contributed by atoms with Crippen molar-refractivity contribution >= 4 is 75.5 Å². The number of fused-ring (bicyclic) bond motifs is 10. The van der Waals surface area contributed by atoms with Crippen molar-refractivity contribution in [3.05, 3.63) is 142 Å². The highest BCUT2D eigenvalue weighted by molar-refractivity contribution is 8.76. The summed E-state index contributed by atoms with van der Waals surface area (Å²) in [5.41, 5.74) is 8.39. The highest BCUT2D eigenvalue weighted by atomic mass is 33.1. The van der Waals surface area contributed by atoms with E-state index in [0.717, 1.165) is 77.6 Å². The molecule has 6 aromatic rings. The van der Waals surface area contributed by atoms with Gasteiger partial charge in [-0.3, -0.25) is 0 Å². The average molecular weight is 709 g/mol. The van der Waals surface area contributed by atoms with Crippen LogP contribution in [0.25, 0.3) is 32.3 Å². The smallest absolute Gasteiger partial charge is 0.190 e. The molecule has 8 heteroatoms. The summed E-state index contributed by atoms with van der Waals surface area (Å²) < 4.78 is 13.0. The summed E-state index contributed by atoms with van der Waals surface area (Å²) in [4.78, 5) is 0. The molecule has 0 radical (unpaired) electrons. The number of rotatable bonds is 0. The van der Waals surface area contributed by atoms with Crippen LogP contribution in [0.5, 0.6) is 0 Å². The maximum Gasteiger partial charge on any atom is 0.190 e. The first-order chi connectivity index (χ1) is 23.3. The van der Waals surface area contributed by atoms with Gasteiger partial charge in [0.15, 0.2) is 11.6 Å². The predicted molar refractivity (Wildman–Crippen MR) is 206 cm³/mol. The van der Waals surface area contributed by atoms with E-state index in [-0.39, 0.29) is 13.2 Å². The van der Waals surface area contributed by atoms with E-state index < -0.39 is 11.6 Å². The Morgan fingerprint density at radius 3 is 1.40 bits per heavy atom. The molecule has 2 atom stereocenters. The molecule has 244 valence electrons. The molecule has 4 heterocycles. The van der Waals surface area contributed by atoms with Gasteiger partial charge >= 0.3 is 0 Å². The summed E-state index contributed by atoms with van der Waals surface area (Å²) in [6.45, 7) is 3.91. The molecule has 2 N–H and O–H groups in total. The predicted octanol–water partition coefficient (Wildman–Crippen LogP) is 10.7. The van der Waals surface area contributed by atoms with Gasteiger partial charge < -0.3 is 19.7 Å². The number of hydrogen-bond donors (Lipinski definition) is 2. The Labute approximate surface area is 296 Å². The Morgan fingerprint density at radius 1 is 0.500 bits per heavy atom. The van der Waals surface area contributed by atoms with Crippen LogP contribution in [0.2, 0.25) is 0 Å². The van der Waals surface area contributed by atoms with E-state index in [1.807, 2.05) is 67.4 Å². The second kappa shape index (κ2) is 13.2. The highest BCUT2D eigenvalue weighted by Gasteiger charge is 2.29. The first-order valence-corrected chi connectivity index (χ1v) is 21.1. The average Bonchev–Trinajstić information content (AvgIpc) is 3.08. The molecule has 2 unspecified atom stereocenters. The van der Waals surface area contributed by atoms with Crippen molar-refractivity contribution in [2.45, 2.75) is 61.6 Å². The van der Waals surface area contributed by atoms with Gasteiger partial charge in [-0.2, -0.15) is 0 Å². The zero-order chi connectivity index (χ0) is 32.9. The molecule has 4 aliphatic heterocycles. The molecule has 4 nitrogen and oxygen atoms in total. The largest absolute Gasteiger partial charge is 0.362 e. The maximum absolute atomic E-state index is 11.9. The van der Waals surface area contributed by atoms with Crippen molar-refractivity contribution in [3.63, 3.8) is 0 Å². The Bertz CT molecular complexity index is 2030. The highest BCUT2D eigenvalue weighted by Crippen LogP contribution is 2.41. The Hall–Kier alpha value is -2.66. The van der Waals surface area contributed by atoms with Gasteiger partial charge in [-0.15, -0.1) is 0 Å². The molecule has 0 saturated heterocycles. The van der Waals surface area contributed by atoms with Crippen LogP contribution in [0.3, 0.4) is 0 Å². The molecule has 0 aromatic heterocycles. The molecule has 0 saturated carbocycles. The van der Waals surface area contributed by atoms with Crippen molar-refractivity contribution in [2.75, 3.05) is 0 Å². The lowest BCUT2D eigenvalue weighted by atomic mass is 9.94. The Kier molecular flexibility index (Phi) is 8.97. The summed E-state index contributed by atoms with van der Waals surface area (Å²) in [7, 11) is 7.37. The van der Waals surface area contributed by atoms with Crippen molar-refractivity contribution in [3.8, 4) is 0 Å². The van der Waals surface area contributed by atoms with Crippen LogP contribution < -0.4 is 0 Å². The lowest BCUT2D eigenvalue weighted by Crippen LogP contribution is -2.26. The lowest BCUT2D eigenvalue weighted by molar-refractivity contribution is -0.205. The fourth-order valence-corrected chi connectivity index (χ4v) is 11.3. The van der Waals surface area contributed by atoms with Crippen LogP contribution in [0, 0.1) is 0 Å². The lowest BCUT2D eigenvalue weighted by Gasteiger charge is -2.28. The van der Waals surface area contributed by atoms with Crippen LogP contribution in [0.15, 0.2) is 97.1 Å².